The molecule has 0 fully saturated rings. The van der Waals surface area contributed by atoms with Crippen LogP contribution in [0.25, 0.3) is 0 Å². The van der Waals surface area contributed by atoms with Crippen LogP contribution in [0.1, 0.15) is 33.0 Å². The van der Waals surface area contributed by atoms with Crippen molar-refractivity contribution >= 4 is 5.91 Å². The van der Waals surface area contributed by atoms with Crippen LogP contribution in [0.5, 0.6) is 0 Å². The zero-order valence-corrected chi connectivity index (χ0v) is 11.9. The summed E-state index contributed by atoms with van der Waals surface area (Å²) in [6.45, 7) is 6.38. The van der Waals surface area contributed by atoms with E-state index in [-0.39, 0.29) is 5.91 Å². The van der Waals surface area contributed by atoms with E-state index in [0.717, 1.165) is 28.2 Å². The monoisotopic (exact) mass is 257 g/mol. The average Bonchev–Trinajstić information content (AvgIpc) is 2.72. The van der Waals surface area contributed by atoms with E-state index < -0.39 is 0 Å². The van der Waals surface area contributed by atoms with Crippen LogP contribution in [0.2, 0.25) is 0 Å². The number of carbonyl (C=O) groups is 1. The molecule has 100 valence electrons. The van der Waals surface area contributed by atoms with Gasteiger partial charge in [0.05, 0.1) is 6.54 Å². The van der Waals surface area contributed by atoms with E-state index in [4.69, 9.17) is 4.42 Å². The number of hydrogen-bond acceptors (Lipinski definition) is 2. The molecule has 3 nitrogen and oxygen atoms in total. The molecule has 0 spiro atoms. The van der Waals surface area contributed by atoms with Gasteiger partial charge in [-0.15, -0.1) is 0 Å². The molecule has 0 radical (unpaired) electrons. The van der Waals surface area contributed by atoms with E-state index in [1.54, 1.807) is 11.9 Å². The Morgan fingerprint density at radius 3 is 2.26 bits per heavy atom. The van der Waals surface area contributed by atoms with Crippen LogP contribution in [0, 0.1) is 20.8 Å². The van der Waals surface area contributed by atoms with Gasteiger partial charge in [0.1, 0.15) is 11.5 Å². The van der Waals surface area contributed by atoms with E-state index in [1.807, 2.05) is 45.0 Å². The first-order valence-corrected chi connectivity index (χ1v) is 6.35. The highest BCUT2D eigenvalue weighted by Gasteiger charge is 2.14. The number of furan rings is 1. The number of benzene rings is 1. The molecule has 0 aliphatic rings. The molecular formula is C16H19NO2. The SMILES string of the molecule is Cc1cc(C)cc(C(=O)N(C)Cc2ccc(C)o2)c1. The summed E-state index contributed by atoms with van der Waals surface area (Å²) in [5.74, 6) is 1.68. The van der Waals surface area contributed by atoms with E-state index in [2.05, 4.69) is 6.07 Å². The average molecular weight is 257 g/mol. The highest BCUT2D eigenvalue weighted by atomic mass is 16.3. The van der Waals surface area contributed by atoms with Gasteiger partial charge in [0, 0.05) is 12.6 Å². The first kappa shape index (κ1) is 13.4. The molecule has 0 saturated carbocycles. The Kier molecular flexibility index (Phi) is 3.74. The molecule has 0 aliphatic heterocycles. The van der Waals surface area contributed by atoms with Gasteiger partial charge in [-0.25, -0.2) is 0 Å². The third-order valence-electron chi connectivity index (χ3n) is 3.00. The van der Waals surface area contributed by atoms with Crippen LogP contribution in [0.4, 0.5) is 0 Å². The first-order valence-electron chi connectivity index (χ1n) is 6.35. The quantitative estimate of drug-likeness (QED) is 0.843. The highest BCUT2D eigenvalue weighted by Crippen LogP contribution is 2.14. The molecule has 0 bridgehead atoms. The lowest BCUT2D eigenvalue weighted by molar-refractivity contribution is 0.0775. The molecule has 3 heteroatoms. The second kappa shape index (κ2) is 5.31. The molecule has 1 amide bonds. The fourth-order valence-electron chi connectivity index (χ4n) is 2.19. The third-order valence-corrected chi connectivity index (χ3v) is 3.00. The Morgan fingerprint density at radius 1 is 1.11 bits per heavy atom. The van der Waals surface area contributed by atoms with Gasteiger partial charge < -0.3 is 9.32 Å². The summed E-state index contributed by atoms with van der Waals surface area (Å²) >= 11 is 0. The Labute approximate surface area is 113 Å². The zero-order valence-electron chi connectivity index (χ0n) is 11.9. The topological polar surface area (TPSA) is 33.5 Å². The van der Waals surface area contributed by atoms with Crippen LogP contribution >= 0.6 is 0 Å². The molecule has 0 unspecified atom stereocenters. The molecule has 0 N–H and O–H groups in total. The largest absolute Gasteiger partial charge is 0.464 e. The summed E-state index contributed by atoms with van der Waals surface area (Å²) in [6.07, 6.45) is 0. The molecule has 0 atom stereocenters. The maximum absolute atomic E-state index is 12.3. The zero-order chi connectivity index (χ0) is 14.0. The minimum atomic E-state index is 0.0147. The molecule has 2 rings (SSSR count). The van der Waals surface area contributed by atoms with Crippen molar-refractivity contribution in [2.75, 3.05) is 7.05 Å². The molecule has 0 saturated heterocycles. The van der Waals surface area contributed by atoms with Crippen molar-refractivity contribution in [2.45, 2.75) is 27.3 Å². The van der Waals surface area contributed by atoms with Crippen molar-refractivity contribution in [3.05, 3.63) is 58.5 Å². The third kappa shape index (κ3) is 3.25. The fraction of sp³-hybridized carbons (Fsp3) is 0.312. The van der Waals surface area contributed by atoms with E-state index in [1.165, 1.54) is 0 Å². The summed E-state index contributed by atoms with van der Waals surface area (Å²) < 4.78 is 5.49. The van der Waals surface area contributed by atoms with Gasteiger partial charge in [-0.3, -0.25) is 4.79 Å². The Morgan fingerprint density at radius 2 is 1.74 bits per heavy atom. The number of rotatable bonds is 3. The van der Waals surface area contributed by atoms with Crippen LogP contribution < -0.4 is 0 Å². The van der Waals surface area contributed by atoms with Crippen molar-refractivity contribution in [1.29, 1.82) is 0 Å². The van der Waals surface area contributed by atoms with Crippen molar-refractivity contribution in [3.8, 4) is 0 Å². The van der Waals surface area contributed by atoms with Gasteiger partial charge in [0.2, 0.25) is 0 Å². The minimum Gasteiger partial charge on any atom is -0.464 e. The second-order valence-electron chi connectivity index (χ2n) is 5.05. The fourth-order valence-corrected chi connectivity index (χ4v) is 2.19. The van der Waals surface area contributed by atoms with Gasteiger partial charge in [0.15, 0.2) is 0 Å². The van der Waals surface area contributed by atoms with Gasteiger partial charge in [0.25, 0.3) is 5.91 Å². The van der Waals surface area contributed by atoms with Gasteiger partial charge in [-0.05, 0) is 45.0 Å². The van der Waals surface area contributed by atoms with Crippen LogP contribution in [-0.2, 0) is 6.54 Å². The number of amides is 1. The predicted octanol–water partition coefficient (Wildman–Crippen LogP) is 3.48. The van der Waals surface area contributed by atoms with Crippen molar-refractivity contribution < 1.29 is 9.21 Å². The second-order valence-corrected chi connectivity index (χ2v) is 5.05. The highest BCUT2D eigenvalue weighted by molar-refractivity contribution is 5.94. The molecule has 19 heavy (non-hydrogen) atoms. The predicted molar refractivity (Wildman–Crippen MR) is 75.2 cm³/mol. The van der Waals surface area contributed by atoms with Gasteiger partial charge >= 0.3 is 0 Å². The lowest BCUT2D eigenvalue weighted by atomic mass is 10.1. The number of nitrogens with zero attached hydrogens (tertiary/aromatic N) is 1. The van der Waals surface area contributed by atoms with E-state index >= 15 is 0 Å². The smallest absolute Gasteiger partial charge is 0.254 e. The standard InChI is InChI=1S/C16H19NO2/c1-11-7-12(2)9-14(8-11)16(18)17(4)10-15-6-5-13(3)19-15/h5-9H,10H2,1-4H3. The summed E-state index contributed by atoms with van der Waals surface area (Å²) in [6, 6.07) is 9.70. The number of aryl methyl sites for hydroxylation is 3. The maximum Gasteiger partial charge on any atom is 0.254 e. The van der Waals surface area contributed by atoms with E-state index in [0.29, 0.717) is 6.54 Å². The number of carbonyl (C=O) groups excluding carboxylic acids is 1. The number of hydrogen-bond donors (Lipinski definition) is 0. The lowest BCUT2D eigenvalue weighted by Gasteiger charge is -2.16. The van der Waals surface area contributed by atoms with Crippen LogP contribution in [0.15, 0.2) is 34.7 Å². The van der Waals surface area contributed by atoms with Gasteiger partial charge in [-0.1, -0.05) is 17.2 Å². The molecule has 1 aromatic carbocycles. The Hall–Kier alpha value is -2.03. The summed E-state index contributed by atoms with van der Waals surface area (Å²) in [5, 5.41) is 0. The molecule has 0 aliphatic carbocycles. The summed E-state index contributed by atoms with van der Waals surface area (Å²) in [4.78, 5) is 14.0. The van der Waals surface area contributed by atoms with Crippen molar-refractivity contribution in [1.82, 2.24) is 4.90 Å². The van der Waals surface area contributed by atoms with Crippen molar-refractivity contribution in [2.24, 2.45) is 0 Å². The Bertz CT molecular complexity index is 578. The minimum absolute atomic E-state index is 0.0147. The first-order chi connectivity index (χ1) is 8.95. The molecule has 2 aromatic rings. The molecule has 1 aromatic heterocycles. The summed E-state index contributed by atoms with van der Waals surface area (Å²) in [7, 11) is 1.79. The summed E-state index contributed by atoms with van der Waals surface area (Å²) in [5.41, 5.74) is 2.93. The lowest BCUT2D eigenvalue weighted by Crippen LogP contribution is -2.26. The van der Waals surface area contributed by atoms with Crippen molar-refractivity contribution in [3.63, 3.8) is 0 Å². The van der Waals surface area contributed by atoms with Crippen LogP contribution in [0.3, 0.4) is 0 Å². The Balaban J connectivity index is 2.14. The van der Waals surface area contributed by atoms with E-state index in [9.17, 15) is 4.79 Å². The molecular weight excluding hydrogens is 238 g/mol. The normalized spacial score (nSPS) is 10.5. The van der Waals surface area contributed by atoms with Gasteiger partial charge in [-0.2, -0.15) is 0 Å². The molecule has 1 heterocycles. The maximum atomic E-state index is 12.3. The van der Waals surface area contributed by atoms with Crippen LogP contribution in [-0.4, -0.2) is 17.9 Å².